The average molecular weight is 357 g/mol. The lowest BCUT2D eigenvalue weighted by atomic mass is 10.1. The highest BCUT2D eigenvalue weighted by molar-refractivity contribution is 7.17. The van der Waals surface area contributed by atoms with E-state index in [-0.39, 0.29) is 5.91 Å². The third kappa shape index (κ3) is 3.69. The Balaban J connectivity index is 1.87. The molecule has 1 aliphatic rings. The smallest absolute Gasteiger partial charge is 0.256 e. The average Bonchev–Trinajstić information content (AvgIpc) is 2.76. The Kier molecular flexibility index (Phi) is 5.08. The molecule has 2 amide bonds. The van der Waals surface area contributed by atoms with Crippen LogP contribution in [-0.2, 0) is 12.8 Å². The fourth-order valence-electron chi connectivity index (χ4n) is 3.18. The van der Waals surface area contributed by atoms with Crippen LogP contribution in [-0.4, -0.2) is 25.9 Å². The number of primary amides is 1. The first-order chi connectivity index (χ1) is 12.0. The molecule has 0 spiro atoms. The van der Waals surface area contributed by atoms with Gasteiger partial charge in [-0.3, -0.25) is 9.59 Å². The van der Waals surface area contributed by atoms with E-state index < -0.39 is 5.91 Å². The summed E-state index contributed by atoms with van der Waals surface area (Å²) < 4.78 is 0. The van der Waals surface area contributed by atoms with Gasteiger partial charge in [-0.25, -0.2) is 0 Å². The number of nitrogens with two attached hydrogens (primary N) is 1. The van der Waals surface area contributed by atoms with Crippen LogP contribution in [0.3, 0.4) is 0 Å². The van der Waals surface area contributed by atoms with Crippen molar-refractivity contribution in [1.82, 2.24) is 0 Å². The number of nitrogens with zero attached hydrogens (tertiary/aromatic N) is 1. The van der Waals surface area contributed by atoms with Gasteiger partial charge in [0.2, 0.25) is 0 Å². The molecule has 5 nitrogen and oxygen atoms in total. The molecule has 0 fully saturated rings. The summed E-state index contributed by atoms with van der Waals surface area (Å²) in [5.74, 6) is -0.679. The number of fused-ring (bicyclic) bond motifs is 1. The molecule has 1 aromatic carbocycles. The lowest BCUT2D eigenvalue weighted by molar-refractivity contribution is 0.100. The van der Waals surface area contributed by atoms with Gasteiger partial charge in [0, 0.05) is 30.2 Å². The molecule has 132 valence electrons. The van der Waals surface area contributed by atoms with Crippen molar-refractivity contribution < 1.29 is 9.59 Å². The molecule has 0 saturated heterocycles. The second-order valence-electron chi connectivity index (χ2n) is 6.53. The number of amides is 2. The lowest BCUT2D eigenvalue weighted by Gasteiger charge is -2.12. The molecular formula is C19H23N3O2S. The van der Waals surface area contributed by atoms with E-state index in [1.807, 2.05) is 31.1 Å². The Hall–Kier alpha value is -2.34. The number of hydrogen-bond donors (Lipinski definition) is 2. The van der Waals surface area contributed by atoms with Crippen molar-refractivity contribution in [2.24, 2.45) is 5.73 Å². The topological polar surface area (TPSA) is 75.4 Å². The molecule has 0 bridgehead atoms. The van der Waals surface area contributed by atoms with Gasteiger partial charge in [-0.2, -0.15) is 0 Å². The van der Waals surface area contributed by atoms with Crippen LogP contribution in [0, 0.1) is 0 Å². The third-order valence-electron chi connectivity index (χ3n) is 4.54. The first-order valence-electron chi connectivity index (χ1n) is 8.50. The van der Waals surface area contributed by atoms with E-state index in [1.165, 1.54) is 22.6 Å². The van der Waals surface area contributed by atoms with E-state index in [2.05, 4.69) is 5.32 Å². The summed E-state index contributed by atoms with van der Waals surface area (Å²) in [6, 6.07) is 7.36. The molecule has 25 heavy (non-hydrogen) atoms. The van der Waals surface area contributed by atoms with Crippen molar-refractivity contribution in [3.63, 3.8) is 0 Å². The Bertz CT molecular complexity index is 794. The number of benzene rings is 1. The molecule has 1 aliphatic carbocycles. The van der Waals surface area contributed by atoms with Crippen molar-refractivity contribution in [2.75, 3.05) is 24.3 Å². The minimum atomic E-state index is -0.461. The van der Waals surface area contributed by atoms with E-state index in [0.29, 0.717) is 16.1 Å². The third-order valence-corrected chi connectivity index (χ3v) is 5.75. The summed E-state index contributed by atoms with van der Waals surface area (Å²) in [4.78, 5) is 27.7. The summed E-state index contributed by atoms with van der Waals surface area (Å²) in [6.07, 6.45) is 5.15. The monoisotopic (exact) mass is 357 g/mol. The Morgan fingerprint density at radius 3 is 2.40 bits per heavy atom. The highest BCUT2D eigenvalue weighted by atomic mass is 32.1. The number of nitrogens with one attached hydrogen (secondary N) is 1. The van der Waals surface area contributed by atoms with E-state index in [4.69, 9.17) is 5.73 Å². The maximum atomic E-state index is 12.6. The second-order valence-corrected chi connectivity index (χ2v) is 7.63. The molecule has 2 aromatic rings. The second kappa shape index (κ2) is 7.27. The number of carbonyl (C=O) groups excluding carboxylic acids is 2. The van der Waals surface area contributed by atoms with Gasteiger partial charge in [-0.05, 0) is 55.5 Å². The summed E-state index contributed by atoms with van der Waals surface area (Å²) in [6.45, 7) is 0. The lowest BCUT2D eigenvalue weighted by Crippen LogP contribution is -2.18. The SMILES string of the molecule is CN(C)c1ccc(C(=O)Nc2sc3c(c2C(N)=O)CCCCC3)cc1. The largest absolute Gasteiger partial charge is 0.378 e. The Labute approximate surface area is 151 Å². The summed E-state index contributed by atoms with van der Waals surface area (Å²) in [5.41, 5.74) is 8.73. The van der Waals surface area contributed by atoms with Crippen LogP contribution in [0.25, 0.3) is 0 Å². The summed E-state index contributed by atoms with van der Waals surface area (Å²) in [7, 11) is 3.90. The van der Waals surface area contributed by atoms with Gasteiger partial charge in [0.25, 0.3) is 11.8 Å². The molecule has 1 aromatic heterocycles. The molecule has 3 rings (SSSR count). The predicted molar refractivity (Wildman–Crippen MR) is 103 cm³/mol. The van der Waals surface area contributed by atoms with Gasteiger partial charge in [0.05, 0.1) is 5.56 Å². The van der Waals surface area contributed by atoms with Crippen LogP contribution in [0.15, 0.2) is 24.3 Å². The van der Waals surface area contributed by atoms with Crippen molar-refractivity contribution in [1.29, 1.82) is 0 Å². The van der Waals surface area contributed by atoms with Crippen LogP contribution in [0.4, 0.5) is 10.7 Å². The number of anilines is 2. The number of aryl methyl sites for hydroxylation is 1. The van der Waals surface area contributed by atoms with Crippen LogP contribution < -0.4 is 16.0 Å². The molecular weight excluding hydrogens is 334 g/mol. The first kappa shape index (κ1) is 17.5. The van der Waals surface area contributed by atoms with Crippen molar-refractivity contribution >= 4 is 33.8 Å². The number of rotatable bonds is 4. The Morgan fingerprint density at radius 2 is 1.76 bits per heavy atom. The maximum Gasteiger partial charge on any atom is 0.256 e. The maximum absolute atomic E-state index is 12.6. The number of thiophene rings is 1. The fraction of sp³-hybridized carbons (Fsp3) is 0.368. The molecule has 0 unspecified atom stereocenters. The molecule has 1 heterocycles. The fourth-order valence-corrected chi connectivity index (χ4v) is 4.47. The molecule has 0 aliphatic heterocycles. The van der Waals surface area contributed by atoms with Gasteiger partial charge in [0.15, 0.2) is 0 Å². The quantitative estimate of drug-likeness (QED) is 0.823. The molecule has 6 heteroatoms. The van der Waals surface area contributed by atoms with Crippen LogP contribution in [0.5, 0.6) is 0 Å². The molecule has 0 radical (unpaired) electrons. The minimum Gasteiger partial charge on any atom is -0.378 e. The van der Waals surface area contributed by atoms with Crippen LogP contribution >= 0.6 is 11.3 Å². The number of carbonyl (C=O) groups is 2. The van der Waals surface area contributed by atoms with Crippen molar-refractivity contribution in [3.05, 3.63) is 45.8 Å². The highest BCUT2D eigenvalue weighted by Gasteiger charge is 2.24. The summed E-state index contributed by atoms with van der Waals surface area (Å²) in [5, 5.41) is 3.48. The molecule has 0 atom stereocenters. The van der Waals surface area contributed by atoms with Crippen molar-refractivity contribution in [2.45, 2.75) is 32.1 Å². The minimum absolute atomic E-state index is 0.218. The zero-order chi connectivity index (χ0) is 18.0. The number of hydrogen-bond acceptors (Lipinski definition) is 4. The van der Waals surface area contributed by atoms with Gasteiger partial charge in [-0.1, -0.05) is 6.42 Å². The van der Waals surface area contributed by atoms with Crippen LogP contribution in [0.2, 0.25) is 0 Å². The van der Waals surface area contributed by atoms with Gasteiger partial charge in [0.1, 0.15) is 5.00 Å². The van der Waals surface area contributed by atoms with Gasteiger partial charge >= 0.3 is 0 Å². The van der Waals surface area contributed by atoms with Crippen LogP contribution in [0.1, 0.15) is 50.4 Å². The molecule has 3 N–H and O–H groups in total. The van der Waals surface area contributed by atoms with E-state index >= 15 is 0 Å². The highest BCUT2D eigenvalue weighted by Crippen LogP contribution is 2.37. The standard InChI is InChI=1S/C19H23N3O2S/c1-22(2)13-10-8-12(9-11-13)18(24)21-19-16(17(20)23)14-6-4-3-5-7-15(14)25-19/h8-11H,3-7H2,1-2H3,(H2,20,23)(H,21,24). The van der Waals surface area contributed by atoms with E-state index in [9.17, 15) is 9.59 Å². The Morgan fingerprint density at radius 1 is 1.08 bits per heavy atom. The van der Waals surface area contributed by atoms with Gasteiger partial charge < -0.3 is 16.0 Å². The summed E-state index contributed by atoms with van der Waals surface area (Å²) >= 11 is 1.49. The van der Waals surface area contributed by atoms with E-state index in [0.717, 1.165) is 36.9 Å². The van der Waals surface area contributed by atoms with Gasteiger partial charge in [-0.15, -0.1) is 11.3 Å². The first-order valence-corrected chi connectivity index (χ1v) is 9.32. The van der Waals surface area contributed by atoms with Crippen molar-refractivity contribution in [3.8, 4) is 0 Å². The normalized spacial score (nSPS) is 13.7. The predicted octanol–water partition coefficient (Wildman–Crippen LogP) is 3.43. The molecule has 0 saturated carbocycles. The zero-order valence-corrected chi connectivity index (χ0v) is 15.4. The zero-order valence-electron chi connectivity index (χ0n) is 14.6. The van der Waals surface area contributed by atoms with E-state index in [1.54, 1.807) is 12.1 Å².